The summed E-state index contributed by atoms with van der Waals surface area (Å²) in [7, 11) is 0. The second-order valence-corrected chi connectivity index (χ2v) is 10.7. The van der Waals surface area contributed by atoms with Crippen molar-refractivity contribution in [2.75, 3.05) is 44.3 Å². The number of carboxylic acid groups (broad SMARTS) is 2. The Morgan fingerprint density at radius 3 is 2.00 bits per heavy atom. The Kier molecular flexibility index (Phi) is 12.8. The number of likely N-dealkylation sites (tertiary alicyclic amines) is 1. The fourth-order valence-electron chi connectivity index (χ4n) is 4.88. The number of nitrogens with one attached hydrogen (secondary N) is 1. The molecule has 17 heteroatoms. The molecule has 11 nitrogen and oxygen atoms in total. The topological polar surface area (TPSA) is 142 Å². The van der Waals surface area contributed by atoms with E-state index >= 15 is 0 Å². The van der Waals surface area contributed by atoms with Gasteiger partial charge in [0.25, 0.3) is 0 Å². The molecule has 0 atom stereocenters. The fourth-order valence-corrected chi connectivity index (χ4v) is 4.88. The molecular weight excluding hydrogens is 594 g/mol. The van der Waals surface area contributed by atoms with Crippen LogP contribution < -0.4 is 10.2 Å². The molecule has 3 aliphatic rings. The lowest BCUT2D eigenvalue weighted by atomic mass is 9.60. The van der Waals surface area contributed by atoms with E-state index in [2.05, 4.69) is 32.2 Å². The maximum Gasteiger partial charge on any atom is 0.490 e. The van der Waals surface area contributed by atoms with Gasteiger partial charge in [-0.1, -0.05) is 0 Å². The van der Waals surface area contributed by atoms with Crippen LogP contribution in [0.1, 0.15) is 45.1 Å². The van der Waals surface area contributed by atoms with Crippen molar-refractivity contribution in [2.45, 2.75) is 70.6 Å². The molecule has 0 unspecified atom stereocenters. The summed E-state index contributed by atoms with van der Waals surface area (Å²) in [5.41, 5.74) is 1.76. The number of carboxylic acids is 2. The number of alkyl carbamates (subject to hydrolysis) is 1. The first kappa shape index (κ1) is 35.9. The number of aromatic nitrogens is 1. The van der Waals surface area contributed by atoms with E-state index in [1.54, 1.807) is 0 Å². The van der Waals surface area contributed by atoms with Crippen molar-refractivity contribution in [3.05, 3.63) is 23.9 Å². The number of anilines is 1. The third-order valence-corrected chi connectivity index (χ3v) is 6.98. The summed E-state index contributed by atoms with van der Waals surface area (Å²) in [6.07, 6.45) is -3.97. The predicted molar refractivity (Wildman–Crippen MR) is 139 cm³/mol. The number of rotatable bonds is 5. The number of piperidine rings is 1. The van der Waals surface area contributed by atoms with Crippen LogP contribution in [0.3, 0.4) is 0 Å². The van der Waals surface area contributed by atoms with Crippen LogP contribution in [0.25, 0.3) is 0 Å². The maximum absolute atomic E-state index is 11.8. The molecular formula is C26H36F6N4O7. The van der Waals surface area contributed by atoms with Crippen molar-refractivity contribution in [3.63, 3.8) is 0 Å². The molecule has 1 aromatic rings. The number of nitrogens with zero attached hydrogens (tertiary/aromatic N) is 3. The number of ether oxygens (including phenoxy) is 2. The van der Waals surface area contributed by atoms with E-state index < -0.39 is 24.3 Å². The minimum Gasteiger partial charge on any atom is -0.475 e. The highest BCUT2D eigenvalue weighted by atomic mass is 19.4. The highest BCUT2D eigenvalue weighted by Gasteiger charge is 2.46. The Balaban J connectivity index is 0.000000384. The quantitative estimate of drug-likeness (QED) is 0.408. The largest absolute Gasteiger partial charge is 0.490 e. The summed E-state index contributed by atoms with van der Waals surface area (Å²) < 4.78 is 74.1. The molecule has 1 aliphatic carbocycles. The third-order valence-electron chi connectivity index (χ3n) is 6.98. The third kappa shape index (κ3) is 12.4. The van der Waals surface area contributed by atoms with Gasteiger partial charge >= 0.3 is 30.4 Å². The SMILES string of the molecule is CC(C)OC(=O)NC1CC2(CCN(Cc3ccnc(N4CCOCC4)c3)CC2)C1.O=C(O)C(F)(F)F.O=C(O)C(F)(F)F. The minimum atomic E-state index is -5.08. The maximum atomic E-state index is 11.8. The first-order valence-electron chi connectivity index (χ1n) is 13.5. The lowest BCUT2D eigenvalue weighted by Gasteiger charge is -2.52. The molecule has 43 heavy (non-hydrogen) atoms. The van der Waals surface area contributed by atoms with Crippen molar-refractivity contribution < 1.29 is 60.4 Å². The summed E-state index contributed by atoms with van der Waals surface area (Å²) >= 11 is 0. The molecule has 1 aromatic heterocycles. The van der Waals surface area contributed by atoms with Crippen LogP contribution in [-0.4, -0.2) is 102 Å². The van der Waals surface area contributed by atoms with Crippen molar-refractivity contribution in [1.29, 1.82) is 0 Å². The number of hydrogen-bond acceptors (Lipinski definition) is 8. The van der Waals surface area contributed by atoms with Gasteiger partial charge < -0.3 is 29.9 Å². The van der Waals surface area contributed by atoms with E-state index in [4.69, 9.17) is 29.3 Å². The van der Waals surface area contributed by atoms with Crippen LogP contribution in [-0.2, 0) is 25.6 Å². The van der Waals surface area contributed by atoms with E-state index in [1.165, 1.54) is 18.4 Å². The van der Waals surface area contributed by atoms with E-state index in [0.29, 0.717) is 5.41 Å². The van der Waals surface area contributed by atoms with Gasteiger partial charge in [-0.15, -0.1) is 0 Å². The Labute approximate surface area is 244 Å². The van der Waals surface area contributed by atoms with Crippen molar-refractivity contribution in [1.82, 2.24) is 15.2 Å². The lowest BCUT2D eigenvalue weighted by molar-refractivity contribution is -0.193. The standard InChI is InChI=1S/C22H34N4O3.2C2HF3O2/c1-17(2)29-21(27)24-19-14-22(15-19)4-7-25(8-5-22)16-18-3-6-23-20(13-18)26-9-11-28-12-10-26;2*3-2(4,5)1(6)7/h3,6,13,17,19H,4-5,7-12,14-16H2,1-2H3,(H,24,27);2*(H,6,7). The van der Waals surface area contributed by atoms with Gasteiger partial charge in [-0.25, -0.2) is 19.4 Å². The van der Waals surface area contributed by atoms with Crippen molar-refractivity contribution >= 4 is 23.8 Å². The molecule has 2 saturated heterocycles. The average molecular weight is 631 g/mol. The summed E-state index contributed by atoms with van der Waals surface area (Å²) in [6.45, 7) is 10.4. The van der Waals surface area contributed by atoms with E-state index in [0.717, 1.165) is 64.6 Å². The molecule has 0 bridgehead atoms. The number of aliphatic carboxylic acids is 2. The van der Waals surface area contributed by atoms with Crippen molar-refractivity contribution in [3.8, 4) is 0 Å². The van der Waals surface area contributed by atoms with E-state index in [9.17, 15) is 31.1 Å². The molecule has 1 spiro atoms. The molecule has 2 aliphatic heterocycles. The monoisotopic (exact) mass is 630 g/mol. The highest BCUT2D eigenvalue weighted by Crippen LogP contribution is 2.49. The molecule has 3 fully saturated rings. The van der Waals surface area contributed by atoms with Crippen LogP contribution >= 0.6 is 0 Å². The summed E-state index contributed by atoms with van der Waals surface area (Å²) in [5, 5.41) is 17.3. The normalized spacial score (nSPS) is 18.9. The molecule has 3 N–H and O–H groups in total. The Morgan fingerprint density at radius 2 is 1.53 bits per heavy atom. The van der Waals surface area contributed by atoms with Crippen molar-refractivity contribution in [2.24, 2.45) is 5.41 Å². The Hall–Kier alpha value is -3.34. The number of morpholine rings is 1. The van der Waals surface area contributed by atoms with Crippen LogP contribution in [0.5, 0.6) is 0 Å². The van der Waals surface area contributed by atoms with Gasteiger partial charge in [0.15, 0.2) is 0 Å². The van der Waals surface area contributed by atoms with Gasteiger partial charge in [0, 0.05) is 31.9 Å². The summed E-state index contributed by atoms with van der Waals surface area (Å²) in [5.74, 6) is -4.44. The van der Waals surface area contributed by atoms with E-state index in [1.807, 2.05) is 20.0 Å². The number of carbonyl (C=O) groups excluding carboxylic acids is 1. The number of alkyl halides is 6. The van der Waals surface area contributed by atoms with Crippen LogP contribution in [0.4, 0.5) is 37.0 Å². The van der Waals surface area contributed by atoms with Crippen LogP contribution in [0.2, 0.25) is 0 Å². The van der Waals surface area contributed by atoms with Crippen LogP contribution in [0, 0.1) is 5.41 Å². The van der Waals surface area contributed by atoms with E-state index in [-0.39, 0.29) is 18.2 Å². The van der Waals surface area contributed by atoms with Gasteiger partial charge in [0.2, 0.25) is 0 Å². The zero-order valence-electron chi connectivity index (χ0n) is 23.7. The molecule has 1 saturated carbocycles. The number of carbonyl (C=O) groups is 3. The van der Waals surface area contributed by atoms with Crippen LogP contribution in [0.15, 0.2) is 18.3 Å². The van der Waals surface area contributed by atoms with Gasteiger partial charge in [-0.05, 0) is 75.7 Å². The molecule has 1 amide bonds. The molecule has 3 heterocycles. The second kappa shape index (κ2) is 15.4. The average Bonchev–Trinajstić information content (AvgIpc) is 2.89. The van der Waals surface area contributed by atoms with Gasteiger partial charge in [-0.2, -0.15) is 26.3 Å². The lowest BCUT2D eigenvalue weighted by Crippen LogP contribution is -2.55. The van der Waals surface area contributed by atoms with Gasteiger partial charge in [-0.3, -0.25) is 4.90 Å². The zero-order chi connectivity index (χ0) is 32.4. The Bertz CT molecular complexity index is 1040. The number of amides is 1. The number of hydrogen-bond donors (Lipinski definition) is 3. The second-order valence-electron chi connectivity index (χ2n) is 10.7. The summed E-state index contributed by atoms with van der Waals surface area (Å²) in [6, 6.07) is 4.65. The molecule has 4 rings (SSSR count). The molecule has 0 radical (unpaired) electrons. The summed E-state index contributed by atoms with van der Waals surface area (Å²) in [4.78, 5) is 39.0. The Morgan fingerprint density at radius 1 is 1.02 bits per heavy atom. The molecule has 244 valence electrons. The number of halogens is 6. The first-order chi connectivity index (χ1) is 19.9. The smallest absolute Gasteiger partial charge is 0.475 e. The highest BCUT2D eigenvalue weighted by molar-refractivity contribution is 5.73. The predicted octanol–water partition coefficient (Wildman–Crippen LogP) is 4.06. The first-order valence-corrected chi connectivity index (χ1v) is 13.5. The molecule has 0 aromatic carbocycles. The van der Waals surface area contributed by atoms with Gasteiger partial charge in [0.1, 0.15) is 5.82 Å². The number of pyridine rings is 1. The fraction of sp³-hybridized carbons (Fsp3) is 0.692. The van der Waals surface area contributed by atoms with Gasteiger partial charge in [0.05, 0.1) is 19.3 Å². The zero-order valence-corrected chi connectivity index (χ0v) is 23.7. The minimum absolute atomic E-state index is 0.0655.